The highest BCUT2D eigenvalue weighted by Gasteiger charge is 2.13. The Morgan fingerprint density at radius 3 is 2.86 bits per heavy atom. The molecule has 4 heteroatoms. The van der Waals surface area contributed by atoms with E-state index in [0.717, 1.165) is 34.5 Å². The lowest BCUT2D eigenvalue weighted by Gasteiger charge is -2.19. The van der Waals surface area contributed by atoms with Crippen LogP contribution in [0.15, 0.2) is 53.0 Å². The van der Waals surface area contributed by atoms with E-state index in [1.165, 1.54) is 0 Å². The van der Waals surface area contributed by atoms with Gasteiger partial charge < -0.3 is 10.1 Å². The number of hydrogen-bond acceptors (Lipinski definition) is 2. The average molecular weight is 360 g/mol. The molecule has 3 rings (SSSR count). The molecule has 0 spiro atoms. The third-order valence-electron chi connectivity index (χ3n) is 3.78. The molecular formula is C18H18BrNO2. The summed E-state index contributed by atoms with van der Waals surface area (Å²) in [6.45, 7) is 0.0553. The van der Waals surface area contributed by atoms with Crippen LogP contribution in [0.4, 0.5) is 0 Å². The average Bonchev–Trinajstić information content (AvgIpc) is 2.53. The first-order chi connectivity index (χ1) is 10.7. The lowest BCUT2D eigenvalue weighted by molar-refractivity contribution is -0.123. The van der Waals surface area contributed by atoms with Gasteiger partial charge in [-0.25, -0.2) is 0 Å². The van der Waals surface area contributed by atoms with Crippen LogP contribution in [0.5, 0.6) is 5.75 Å². The van der Waals surface area contributed by atoms with E-state index in [4.69, 9.17) is 4.74 Å². The second-order valence-electron chi connectivity index (χ2n) is 5.49. The van der Waals surface area contributed by atoms with Gasteiger partial charge in [0.25, 0.3) is 5.91 Å². The Bertz CT molecular complexity index is 711. The minimum Gasteiger partial charge on any atom is -0.484 e. The molecule has 1 unspecified atom stereocenters. The Labute approximate surface area is 138 Å². The molecule has 3 nitrogen and oxygen atoms in total. The Morgan fingerprint density at radius 2 is 2.05 bits per heavy atom. The van der Waals surface area contributed by atoms with Crippen molar-refractivity contribution in [2.45, 2.75) is 25.3 Å². The lowest BCUT2D eigenvalue weighted by atomic mass is 10.0. The van der Waals surface area contributed by atoms with Crippen molar-refractivity contribution in [3.05, 3.63) is 53.0 Å². The number of halogens is 1. The van der Waals surface area contributed by atoms with Gasteiger partial charge in [0.2, 0.25) is 0 Å². The maximum atomic E-state index is 11.9. The van der Waals surface area contributed by atoms with Gasteiger partial charge in [-0.15, -0.1) is 0 Å². The van der Waals surface area contributed by atoms with Crippen LogP contribution >= 0.6 is 15.9 Å². The predicted octanol–water partition coefficient (Wildman–Crippen LogP) is 4.21. The molecule has 114 valence electrons. The molecule has 0 saturated carbocycles. The first-order valence-electron chi connectivity index (χ1n) is 7.47. The van der Waals surface area contributed by atoms with Crippen LogP contribution in [-0.4, -0.2) is 18.6 Å². The van der Waals surface area contributed by atoms with Gasteiger partial charge >= 0.3 is 0 Å². The molecule has 0 aromatic heterocycles. The molecule has 1 aliphatic carbocycles. The standard InChI is InChI=1S/C18H18BrNO2/c19-15-8-6-13-7-9-17(11-14(13)10-15)22-12-18(21)20-16-4-2-1-3-5-16/h1-2,6-11,16H,3-5,12H2,(H,20,21). The highest BCUT2D eigenvalue weighted by atomic mass is 79.9. The van der Waals surface area contributed by atoms with Crippen LogP contribution in [0.3, 0.4) is 0 Å². The largest absolute Gasteiger partial charge is 0.484 e. The van der Waals surface area contributed by atoms with Crippen LogP contribution in [-0.2, 0) is 4.79 Å². The van der Waals surface area contributed by atoms with E-state index in [-0.39, 0.29) is 18.6 Å². The van der Waals surface area contributed by atoms with Gasteiger partial charge in [0, 0.05) is 10.5 Å². The molecule has 0 saturated heterocycles. The summed E-state index contributed by atoms with van der Waals surface area (Å²) in [4.78, 5) is 11.9. The van der Waals surface area contributed by atoms with Gasteiger partial charge in [0.15, 0.2) is 6.61 Å². The zero-order valence-electron chi connectivity index (χ0n) is 12.2. The second-order valence-corrected chi connectivity index (χ2v) is 6.41. The van der Waals surface area contributed by atoms with Crippen LogP contribution in [0.1, 0.15) is 19.3 Å². The highest BCUT2D eigenvalue weighted by molar-refractivity contribution is 9.10. The Kier molecular flexibility index (Phi) is 4.78. The van der Waals surface area contributed by atoms with Crippen LogP contribution in [0, 0.1) is 0 Å². The zero-order valence-corrected chi connectivity index (χ0v) is 13.8. The smallest absolute Gasteiger partial charge is 0.258 e. The molecule has 2 aromatic rings. The van der Waals surface area contributed by atoms with E-state index in [1.54, 1.807) is 0 Å². The fraction of sp³-hybridized carbons (Fsp3) is 0.278. The normalized spacial score (nSPS) is 17.4. The van der Waals surface area contributed by atoms with Crippen molar-refractivity contribution in [1.29, 1.82) is 0 Å². The highest BCUT2D eigenvalue weighted by Crippen LogP contribution is 2.24. The molecule has 1 amide bonds. The molecule has 0 bridgehead atoms. The summed E-state index contributed by atoms with van der Waals surface area (Å²) in [6, 6.07) is 12.2. The summed E-state index contributed by atoms with van der Waals surface area (Å²) < 4.78 is 6.64. The maximum Gasteiger partial charge on any atom is 0.258 e. The number of nitrogens with one attached hydrogen (secondary N) is 1. The van der Waals surface area contributed by atoms with E-state index in [9.17, 15) is 4.79 Å². The van der Waals surface area contributed by atoms with Gasteiger partial charge in [-0.05, 0) is 54.3 Å². The fourth-order valence-electron chi connectivity index (χ4n) is 2.63. The van der Waals surface area contributed by atoms with Crippen molar-refractivity contribution < 1.29 is 9.53 Å². The maximum absolute atomic E-state index is 11.9. The molecule has 0 fully saturated rings. The molecule has 2 aromatic carbocycles. The lowest BCUT2D eigenvalue weighted by Crippen LogP contribution is -2.38. The van der Waals surface area contributed by atoms with Gasteiger partial charge in [0.1, 0.15) is 5.75 Å². The zero-order chi connectivity index (χ0) is 15.4. The molecular weight excluding hydrogens is 342 g/mol. The Hall–Kier alpha value is -1.81. The number of rotatable bonds is 4. The molecule has 1 N–H and O–H groups in total. The van der Waals surface area contributed by atoms with Gasteiger partial charge in [0.05, 0.1) is 0 Å². The van der Waals surface area contributed by atoms with Gasteiger partial charge in [-0.1, -0.05) is 40.2 Å². The summed E-state index contributed by atoms with van der Waals surface area (Å²) >= 11 is 3.46. The molecule has 1 atom stereocenters. The van der Waals surface area contributed by atoms with Crippen molar-refractivity contribution in [2.24, 2.45) is 0 Å². The fourth-order valence-corrected chi connectivity index (χ4v) is 3.01. The minimum atomic E-state index is -0.0605. The van der Waals surface area contributed by atoms with Crippen molar-refractivity contribution in [3.8, 4) is 5.75 Å². The molecule has 0 radical (unpaired) electrons. The topological polar surface area (TPSA) is 38.3 Å². The summed E-state index contributed by atoms with van der Waals surface area (Å²) in [5.74, 6) is 0.652. The number of carbonyl (C=O) groups is 1. The van der Waals surface area contributed by atoms with Gasteiger partial charge in [-0.2, -0.15) is 0 Å². The first kappa shape index (κ1) is 15.1. The van der Waals surface area contributed by atoms with E-state index >= 15 is 0 Å². The summed E-state index contributed by atoms with van der Waals surface area (Å²) in [5.41, 5.74) is 0. The number of amides is 1. The number of carbonyl (C=O) groups excluding carboxylic acids is 1. The second kappa shape index (κ2) is 6.97. The predicted molar refractivity (Wildman–Crippen MR) is 92.1 cm³/mol. The van der Waals surface area contributed by atoms with E-state index in [0.29, 0.717) is 5.75 Å². The first-order valence-corrected chi connectivity index (χ1v) is 8.26. The number of benzene rings is 2. The summed E-state index contributed by atoms with van der Waals surface area (Å²) in [5, 5.41) is 5.25. The minimum absolute atomic E-state index is 0.0553. The summed E-state index contributed by atoms with van der Waals surface area (Å²) in [7, 11) is 0. The molecule has 0 aliphatic heterocycles. The molecule has 22 heavy (non-hydrogen) atoms. The van der Waals surface area contributed by atoms with Crippen molar-refractivity contribution in [1.82, 2.24) is 5.32 Å². The number of hydrogen-bond donors (Lipinski definition) is 1. The van der Waals surface area contributed by atoms with Crippen LogP contribution in [0.2, 0.25) is 0 Å². The Balaban J connectivity index is 1.58. The quantitative estimate of drug-likeness (QED) is 0.830. The number of ether oxygens (including phenoxy) is 1. The number of fused-ring (bicyclic) bond motifs is 1. The third-order valence-corrected chi connectivity index (χ3v) is 4.27. The van der Waals surface area contributed by atoms with E-state index in [2.05, 4.69) is 33.4 Å². The van der Waals surface area contributed by atoms with E-state index in [1.807, 2.05) is 36.4 Å². The van der Waals surface area contributed by atoms with E-state index < -0.39 is 0 Å². The monoisotopic (exact) mass is 359 g/mol. The van der Waals surface area contributed by atoms with Crippen molar-refractivity contribution >= 4 is 32.6 Å². The Morgan fingerprint density at radius 1 is 1.18 bits per heavy atom. The van der Waals surface area contributed by atoms with Crippen LogP contribution < -0.4 is 10.1 Å². The molecule has 1 aliphatic rings. The number of allylic oxidation sites excluding steroid dienone is 1. The van der Waals surface area contributed by atoms with Crippen LogP contribution in [0.25, 0.3) is 10.8 Å². The molecule has 0 heterocycles. The summed E-state index contributed by atoms with van der Waals surface area (Å²) in [6.07, 6.45) is 7.23. The SMILES string of the molecule is O=C(COc1ccc2ccc(Br)cc2c1)NC1CC=CCC1. The van der Waals surface area contributed by atoms with Gasteiger partial charge in [-0.3, -0.25) is 4.79 Å². The van der Waals surface area contributed by atoms with Crippen molar-refractivity contribution in [3.63, 3.8) is 0 Å². The third kappa shape index (κ3) is 3.89. The van der Waals surface area contributed by atoms with Crippen molar-refractivity contribution in [2.75, 3.05) is 6.61 Å².